The molecular formula is C21H40Cl2N2. The maximum atomic E-state index is 5.89. The molecule has 0 radical (unpaired) electrons. The highest BCUT2D eigenvalue weighted by atomic mass is 35.5. The van der Waals surface area contributed by atoms with Gasteiger partial charge in [0.25, 0.3) is 0 Å². The lowest BCUT2D eigenvalue weighted by molar-refractivity contribution is -0.647. The van der Waals surface area contributed by atoms with Crippen LogP contribution in [0.1, 0.15) is 103 Å². The van der Waals surface area contributed by atoms with Crippen molar-refractivity contribution in [3.05, 3.63) is 30.1 Å². The van der Waals surface area contributed by atoms with Gasteiger partial charge in [0.05, 0.1) is 0 Å². The monoisotopic (exact) mass is 390 g/mol. The van der Waals surface area contributed by atoms with Gasteiger partial charge in [0.2, 0.25) is 5.69 Å². The molecule has 2 N–H and O–H groups in total. The summed E-state index contributed by atoms with van der Waals surface area (Å²) in [7, 11) is 0. The summed E-state index contributed by atoms with van der Waals surface area (Å²) in [6.07, 6.45) is 22.8. The molecule has 0 saturated heterocycles. The minimum Gasteiger partial charge on any atom is -1.00 e. The predicted octanol–water partition coefficient (Wildman–Crippen LogP) is 3.14. The first-order chi connectivity index (χ1) is 11.3. The molecule has 1 rings (SSSR count). The lowest BCUT2D eigenvalue weighted by Crippen LogP contribution is -3.00. The molecule has 0 aromatic carbocycles. The molecule has 0 aliphatic carbocycles. The Kier molecular flexibility index (Phi) is 21.2. The van der Waals surface area contributed by atoms with Gasteiger partial charge in [-0.1, -0.05) is 95.1 Å². The molecule has 1 aromatic heterocycles. The number of aromatic nitrogens is 1. The molecule has 0 saturated carbocycles. The standard InChI is InChI=1S/C21H39N2.2ClH/c1-2-3-4-5-6-7-8-9-10-11-12-13-14-15-18-21-19-16-17-20-23(21)22;;/h16-17,19-20H,2-15,18,22H2,1H3;2*1H/q+1;;/p-1. The van der Waals surface area contributed by atoms with E-state index in [2.05, 4.69) is 19.1 Å². The first kappa shape index (κ1) is 26.8. The van der Waals surface area contributed by atoms with E-state index in [-0.39, 0.29) is 24.8 Å². The van der Waals surface area contributed by atoms with Crippen LogP contribution in [0.5, 0.6) is 0 Å². The van der Waals surface area contributed by atoms with Crippen LogP contribution < -0.4 is 22.9 Å². The van der Waals surface area contributed by atoms with Gasteiger partial charge < -0.3 is 12.4 Å². The Morgan fingerprint density at radius 1 is 0.720 bits per heavy atom. The van der Waals surface area contributed by atoms with Gasteiger partial charge in [-0.3, -0.25) is 0 Å². The molecular weight excluding hydrogens is 351 g/mol. The lowest BCUT2D eigenvalue weighted by atomic mass is 10.0. The third-order valence-electron chi connectivity index (χ3n) is 4.76. The summed E-state index contributed by atoms with van der Waals surface area (Å²) in [6, 6.07) is 6.18. The van der Waals surface area contributed by atoms with E-state index >= 15 is 0 Å². The van der Waals surface area contributed by atoms with E-state index in [1.54, 1.807) is 4.68 Å². The van der Waals surface area contributed by atoms with Gasteiger partial charge >= 0.3 is 0 Å². The number of pyridine rings is 1. The van der Waals surface area contributed by atoms with Gasteiger partial charge in [-0.2, -0.15) is 0 Å². The van der Waals surface area contributed by atoms with Gasteiger partial charge in [-0.25, -0.2) is 5.84 Å². The molecule has 0 unspecified atom stereocenters. The molecule has 2 nitrogen and oxygen atoms in total. The number of nitrogen functional groups attached to an aromatic ring is 1. The smallest absolute Gasteiger partial charge is 0.211 e. The van der Waals surface area contributed by atoms with Crippen molar-refractivity contribution in [2.45, 2.75) is 103 Å². The Balaban J connectivity index is 0. The van der Waals surface area contributed by atoms with E-state index in [9.17, 15) is 0 Å². The highest BCUT2D eigenvalue weighted by Gasteiger charge is 2.04. The average Bonchev–Trinajstić information content (AvgIpc) is 2.57. The highest BCUT2D eigenvalue weighted by Crippen LogP contribution is 2.13. The maximum absolute atomic E-state index is 5.89. The van der Waals surface area contributed by atoms with Crippen LogP contribution in [0.4, 0.5) is 0 Å². The average molecular weight is 391 g/mol. The van der Waals surface area contributed by atoms with Crippen molar-refractivity contribution in [3.8, 4) is 0 Å². The minimum absolute atomic E-state index is 0. The fourth-order valence-electron chi connectivity index (χ4n) is 3.20. The van der Waals surface area contributed by atoms with Crippen molar-refractivity contribution in [1.29, 1.82) is 0 Å². The molecule has 1 aromatic rings. The van der Waals surface area contributed by atoms with Crippen molar-refractivity contribution in [1.82, 2.24) is 0 Å². The van der Waals surface area contributed by atoms with Crippen molar-refractivity contribution in [2.24, 2.45) is 0 Å². The molecule has 0 bridgehead atoms. The fourth-order valence-corrected chi connectivity index (χ4v) is 3.20. The zero-order valence-corrected chi connectivity index (χ0v) is 17.8. The molecule has 0 atom stereocenters. The summed E-state index contributed by atoms with van der Waals surface area (Å²) in [5.74, 6) is 5.89. The Morgan fingerprint density at radius 2 is 1.16 bits per heavy atom. The molecule has 0 aliphatic rings. The van der Waals surface area contributed by atoms with Crippen LogP contribution in [0.3, 0.4) is 0 Å². The summed E-state index contributed by atoms with van der Waals surface area (Å²) in [5.41, 5.74) is 1.24. The van der Waals surface area contributed by atoms with E-state index in [0.717, 1.165) is 6.42 Å². The van der Waals surface area contributed by atoms with Crippen LogP contribution in [0.25, 0.3) is 0 Å². The number of aryl methyl sites for hydroxylation is 1. The Hall–Kier alpha value is -0.470. The normalized spacial score (nSPS) is 10.1. The third-order valence-corrected chi connectivity index (χ3v) is 4.76. The van der Waals surface area contributed by atoms with Crippen molar-refractivity contribution < 1.29 is 17.1 Å². The van der Waals surface area contributed by atoms with Crippen LogP contribution in [-0.2, 0) is 6.42 Å². The van der Waals surface area contributed by atoms with E-state index < -0.39 is 0 Å². The largest absolute Gasteiger partial charge is 1.00 e. The highest BCUT2D eigenvalue weighted by molar-refractivity contribution is 5.85. The summed E-state index contributed by atoms with van der Waals surface area (Å²) >= 11 is 0. The van der Waals surface area contributed by atoms with Gasteiger partial charge in [0, 0.05) is 18.6 Å². The lowest BCUT2D eigenvalue weighted by Gasteiger charge is -2.03. The predicted molar refractivity (Wildman–Crippen MR) is 108 cm³/mol. The number of hydrogen-bond donors (Lipinski definition) is 1. The van der Waals surface area contributed by atoms with Crippen molar-refractivity contribution >= 4 is 12.4 Å². The first-order valence-corrected chi connectivity index (χ1v) is 10.1. The first-order valence-electron chi connectivity index (χ1n) is 10.1. The Morgan fingerprint density at radius 3 is 1.60 bits per heavy atom. The minimum atomic E-state index is 0. The molecule has 0 fully saturated rings. The maximum Gasteiger partial charge on any atom is 0.211 e. The summed E-state index contributed by atoms with van der Waals surface area (Å²) in [4.78, 5) is 0. The molecule has 4 heteroatoms. The van der Waals surface area contributed by atoms with Gasteiger partial charge in [-0.15, -0.1) is 12.4 Å². The van der Waals surface area contributed by atoms with Gasteiger partial charge in [-0.05, 0) is 12.5 Å². The number of nitrogens with two attached hydrogens (primary N) is 1. The Bertz CT molecular complexity index is 386. The number of rotatable bonds is 15. The van der Waals surface area contributed by atoms with Crippen LogP contribution >= 0.6 is 12.4 Å². The molecule has 1 heterocycles. The number of hydrogen-bond acceptors (Lipinski definition) is 1. The third kappa shape index (κ3) is 15.5. The molecule has 0 aliphatic heterocycles. The zero-order valence-electron chi connectivity index (χ0n) is 16.2. The van der Waals surface area contributed by atoms with E-state index in [0.29, 0.717) is 0 Å². The molecule has 0 amide bonds. The second-order valence-corrected chi connectivity index (χ2v) is 6.95. The van der Waals surface area contributed by atoms with Crippen LogP contribution in [0.15, 0.2) is 24.4 Å². The molecule has 148 valence electrons. The summed E-state index contributed by atoms with van der Waals surface area (Å²) in [6.45, 7) is 2.29. The summed E-state index contributed by atoms with van der Waals surface area (Å²) < 4.78 is 1.75. The van der Waals surface area contributed by atoms with Gasteiger partial charge in [0.15, 0.2) is 6.20 Å². The second kappa shape index (κ2) is 19.8. The number of nitrogens with zero attached hydrogens (tertiary/aromatic N) is 1. The summed E-state index contributed by atoms with van der Waals surface area (Å²) in [5, 5.41) is 0. The van der Waals surface area contributed by atoms with Gasteiger partial charge in [0.1, 0.15) is 0 Å². The van der Waals surface area contributed by atoms with E-state index in [4.69, 9.17) is 5.84 Å². The molecule has 0 spiro atoms. The van der Waals surface area contributed by atoms with Crippen LogP contribution in [0.2, 0.25) is 0 Å². The quantitative estimate of drug-likeness (QED) is 0.278. The SMILES string of the molecule is CCCCCCCCCCCCCCCCc1cccc[n+]1N.Cl.[Cl-]. The van der Waals surface area contributed by atoms with Crippen LogP contribution in [-0.4, -0.2) is 0 Å². The fraction of sp³-hybridized carbons (Fsp3) is 0.762. The van der Waals surface area contributed by atoms with Crippen molar-refractivity contribution in [3.63, 3.8) is 0 Å². The Labute approximate surface area is 168 Å². The van der Waals surface area contributed by atoms with E-state index in [1.165, 1.54) is 95.6 Å². The zero-order chi connectivity index (χ0) is 16.6. The van der Waals surface area contributed by atoms with Crippen LogP contribution in [0, 0.1) is 0 Å². The number of unbranched alkanes of at least 4 members (excludes halogenated alkanes) is 13. The number of halogens is 2. The second-order valence-electron chi connectivity index (χ2n) is 6.95. The van der Waals surface area contributed by atoms with Crippen molar-refractivity contribution in [2.75, 3.05) is 5.84 Å². The topological polar surface area (TPSA) is 29.9 Å². The van der Waals surface area contributed by atoms with E-state index in [1.807, 2.05) is 12.3 Å². The molecule has 25 heavy (non-hydrogen) atoms.